The Kier molecular flexibility index (Phi) is 7.29. The van der Waals surface area contributed by atoms with Gasteiger partial charge in [-0.1, -0.05) is 37.0 Å². The van der Waals surface area contributed by atoms with Gasteiger partial charge < -0.3 is 14.2 Å². The van der Waals surface area contributed by atoms with Crippen molar-refractivity contribution in [1.82, 2.24) is 19.5 Å². The molecule has 1 unspecified atom stereocenters. The molecule has 0 N–H and O–H groups in total. The van der Waals surface area contributed by atoms with Crippen LogP contribution in [0.1, 0.15) is 68.0 Å². The SMILES string of the molecule is CC[C@H]1O[C@@H](n2cnc3c(Cl)nc(N(C(=O)OC(C)(C)C)C(=O)OC(C)(C)C)nc32)[C@@](F)(Cl)C1C. The summed E-state index contributed by atoms with van der Waals surface area (Å²) in [5.74, 6) is -1.07. The summed E-state index contributed by atoms with van der Waals surface area (Å²) in [4.78, 5) is 39.0. The number of fused-ring (bicyclic) bond motifs is 1. The largest absolute Gasteiger partial charge is 0.443 e. The van der Waals surface area contributed by atoms with Crippen LogP contribution < -0.4 is 4.90 Å². The van der Waals surface area contributed by atoms with Crippen LogP contribution in [-0.2, 0) is 14.2 Å². The maximum atomic E-state index is 15.5. The molecule has 35 heavy (non-hydrogen) atoms. The van der Waals surface area contributed by atoms with Gasteiger partial charge in [0.05, 0.1) is 12.4 Å². The number of anilines is 1. The molecule has 3 heterocycles. The first kappa shape index (κ1) is 27.3. The Bertz CT molecular complexity index is 1100. The van der Waals surface area contributed by atoms with Gasteiger partial charge in [0.2, 0.25) is 11.1 Å². The lowest BCUT2D eigenvalue weighted by molar-refractivity contribution is -0.0271. The number of aromatic nitrogens is 4. The number of alkyl halides is 2. The Balaban J connectivity index is 2.14. The van der Waals surface area contributed by atoms with Gasteiger partial charge >= 0.3 is 12.2 Å². The Morgan fingerprint density at radius 2 is 1.71 bits per heavy atom. The zero-order valence-corrected chi connectivity index (χ0v) is 22.4. The molecule has 0 aliphatic carbocycles. The average Bonchev–Trinajstić information content (AvgIpc) is 3.18. The zero-order valence-electron chi connectivity index (χ0n) is 20.9. The molecule has 0 aromatic carbocycles. The third kappa shape index (κ3) is 5.62. The first-order valence-corrected chi connectivity index (χ1v) is 11.9. The highest BCUT2D eigenvalue weighted by molar-refractivity contribution is 6.33. The van der Waals surface area contributed by atoms with E-state index in [1.54, 1.807) is 48.5 Å². The van der Waals surface area contributed by atoms with Crippen LogP contribution in [0.15, 0.2) is 6.33 Å². The minimum absolute atomic E-state index is 0.00810. The van der Waals surface area contributed by atoms with E-state index < -0.39 is 52.7 Å². The lowest BCUT2D eigenvalue weighted by Crippen LogP contribution is -2.44. The molecule has 1 saturated heterocycles. The molecule has 0 saturated carbocycles. The van der Waals surface area contributed by atoms with Crippen molar-refractivity contribution in [2.45, 2.75) is 90.5 Å². The van der Waals surface area contributed by atoms with Gasteiger partial charge in [-0.05, 0) is 48.0 Å². The van der Waals surface area contributed by atoms with Gasteiger partial charge in [0.1, 0.15) is 16.7 Å². The summed E-state index contributed by atoms with van der Waals surface area (Å²) in [7, 11) is 0. The smallest absolute Gasteiger partial charge is 0.427 e. The summed E-state index contributed by atoms with van der Waals surface area (Å²) in [5.41, 5.74) is -1.77. The van der Waals surface area contributed by atoms with Gasteiger partial charge in [-0.25, -0.2) is 19.0 Å². The van der Waals surface area contributed by atoms with E-state index in [-0.39, 0.29) is 16.3 Å². The third-order valence-corrected chi connectivity index (χ3v) is 5.97. The van der Waals surface area contributed by atoms with Crippen molar-refractivity contribution in [2.75, 3.05) is 4.90 Å². The number of imidazole rings is 1. The average molecular weight is 534 g/mol. The topological polar surface area (TPSA) is 109 Å². The summed E-state index contributed by atoms with van der Waals surface area (Å²) in [6.45, 7) is 13.3. The number of hydrogen-bond acceptors (Lipinski definition) is 8. The van der Waals surface area contributed by atoms with E-state index in [1.165, 1.54) is 10.9 Å². The number of hydrogen-bond donors (Lipinski definition) is 0. The molecular formula is C22H30Cl2FN5O5. The molecular weight excluding hydrogens is 504 g/mol. The van der Waals surface area contributed by atoms with Crippen molar-refractivity contribution in [3.8, 4) is 0 Å². The van der Waals surface area contributed by atoms with Crippen LogP contribution in [0.2, 0.25) is 5.15 Å². The van der Waals surface area contributed by atoms with E-state index in [0.717, 1.165) is 0 Å². The van der Waals surface area contributed by atoms with Crippen LogP contribution in [0.3, 0.4) is 0 Å². The Labute approximate surface area is 213 Å². The summed E-state index contributed by atoms with van der Waals surface area (Å²) < 4.78 is 33.4. The summed E-state index contributed by atoms with van der Waals surface area (Å²) in [6, 6.07) is 0. The van der Waals surface area contributed by atoms with Gasteiger partial charge in [-0.15, -0.1) is 4.90 Å². The zero-order chi connectivity index (χ0) is 26.5. The number of nitrogens with zero attached hydrogens (tertiary/aromatic N) is 5. The maximum Gasteiger partial charge on any atom is 0.427 e. The first-order valence-electron chi connectivity index (χ1n) is 11.2. The number of imide groups is 1. The predicted octanol–water partition coefficient (Wildman–Crippen LogP) is 6.00. The van der Waals surface area contributed by atoms with E-state index in [0.29, 0.717) is 11.3 Å². The van der Waals surface area contributed by atoms with Crippen molar-refractivity contribution in [2.24, 2.45) is 5.92 Å². The highest BCUT2D eigenvalue weighted by Crippen LogP contribution is 2.50. The molecule has 4 atom stereocenters. The van der Waals surface area contributed by atoms with E-state index in [2.05, 4.69) is 15.0 Å². The number of carbonyl (C=O) groups excluding carboxylic acids is 2. The van der Waals surface area contributed by atoms with Crippen LogP contribution in [0.25, 0.3) is 11.2 Å². The molecule has 1 fully saturated rings. The lowest BCUT2D eigenvalue weighted by Gasteiger charge is -2.27. The monoisotopic (exact) mass is 533 g/mol. The molecule has 2 amide bonds. The molecule has 3 rings (SSSR count). The number of ether oxygens (including phenoxy) is 3. The molecule has 2 aromatic heterocycles. The second-order valence-electron chi connectivity index (χ2n) is 10.3. The van der Waals surface area contributed by atoms with Crippen molar-refractivity contribution in [1.29, 1.82) is 0 Å². The molecule has 0 bridgehead atoms. The third-order valence-electron chi connectivity index (χ3n) is 5.17. The summed E-state index contributed by atoms with van der Waals surface area (Å²) in [6.07, 6.45) is -2.09. The number of rotatable bonds is 3. The van der Waals surface area contributed by atoms with Crippen molar-refractivity contribution in [3.05, 3.63) is 11.5 Å². The molecule has 2 aromatic rings. The summed E-state index contributed by atoms with van der Waals surface area (Å²) in [5, 5.41) is -2.46. The lowest BCUT2D eigenvalue weighted by atomic mass is 9.99. The van der Waals surface area contributed by atoms with Crippen LogP contribution in [0.4, 0.5) is 19.9 Å². The normalized spacial score (nSPS) is 25.1. The number of halogens is 3. The number of amides is 2. The van der Waals surface area contributed by atoms with Gasteiger partial charge in [0.15, 0.2) is 17.0 Å². The highest BCUT2D eigenvalue weighted by atomic mass is 35.5. The van der Waals surface area contributed by atoms with Crippen molar-refractivity contribution >= 4 is 52.5 Å². The van der Waals surface area contributed by atoms with Crippen LogP contribution in [0.5, 0.6) is 0 Å². The van der Waals surface area contributed by atoms with Gasteiger partial charge in [0.25, 0.3) is 0 Å². The first-order chi connectivity index (χ1) is 16.0. The number of carbonyl (C=O) groups is 2. The van der Waals surface area contributed by atoms with Crippen LogP contribution >= 0.6 is 23.2 Å². The fraction of sp³-hybridized carbons (Fsp3) is 0.682. The van der Waals surface area contributed by atoms with Crippen LogP contribution in [0, 0.1) is 5.92 Å². The molecule has 1 aliphatic heterocycles. The van der Waals surface area contributed by atoms with E-state index in [4.69, 9.17) is 37.4 Å². The Hall–Kier alpha value is -2.24. The molecule has 10 nitrogen and oxygen atoms in total. The van der Waals surface area contributed by atoms with E-state index in [1.807, 2.05) is 6.92 Å². The van der Waals surface area contributed by atoms with Gasteiger partial charge in [-0.2, -0.15) is 9.97 Å². The second-order valence-corrected chi connectivity index (χ2v) is 11.3. The quantitative estimate of drug-likeness (QED) is 0.348. The minimum atomic E-state index is -2.28. The fourth-order valence-corrected chi connectivity index (χ4v) is 4.05. The molecule has 194 valence electrons. The standard InChI is InChI=1S/C22H30Cl2FN5O5/c1-9-12-11(2)22(24,25)16(33-12)29-10-26-13-14(23)27-17(28-15(13)29)30(18(31)34-20(3,4)5)19(32)35-21(6,7)8/h10-12,16H,9H2,1-8H3/t11?,12-,16-,22-/m1/s1. The fourth-order valence-electron chi connectivity index (χ4n) is 3.54. The Morgan fingerprint density at radius 1 is 1.17 bits per heavy atom. The van der Waals surface area contributed by atoms with Gasteiger partial charge in [-0.3, -0.25) is 4.57 Å². The second kappa shape index (κ2) is 9.33. The van der Waals surface area contributed by atoms with Gasteiger partial charge in [0, 0.05) is 5.92 Å². The minimum Gasteiger partial charge on any atom is -0.443 e. The molecule has 1 aliphatic rings. The molecule has 0 spiro atoms. The highest BCUT2D eigenvalue weighted by Gasteiger charge is 2.55. The van der Waals surface area contributed by atoms with E-state index in [9.17, 15) is 9.59 Å². The van der Waals surface area contributed by atoms with Crippen LogP contribution in [-0.4, -0.2) is 54.1 Å². The Morgan fingerprint density at radius 3 is 2.17 bits per heavy atom. The van der Waals surface area contributed by atoms with Crippen molar-refractivity contribution < 1.29 is 28.2 Å². The molecule has 0 radical (unpaired) electrons. The predicted molar refractivity (Wildman–Crippen MR) is 128 cm³/mol. The van der Waals surface area contributed by atoms with Crippen molar-refractivity contribution in [3.63, 3.8) is 0 Å². The molecule has 13 heteroatoms. The van der Waals surface area contributed by atoms with E-state index >= 15 is 4.39 Å². The maximum absolute atomic E-state index is 15.5. The summed E-state index contributed by atoms with van der Waals surface area (Å²) >= 11 is 12.6.